The Labute approximate surface area is 142 Å². The third-order valence-corrected chi connectivity index (χ3v) is 3.85. The minimum atomic E-state index is -0.574. The normalized spacial score (nSPS) is 13.1. The summed E-state index contributed by atoms with van der Waals surface area (Å²) in [6.45, 7) is 3.88. The molecule has 0 saturated carbocycles. The lowest BCUT2D eigenvalue weighted by Crippen LogP contribution is -2.42. The quantitative estimate of drug-likeness (QED) is 0.791. The summed E-state index contributed by atoms with van der Waals surface area (Å²) in [5.41, 5.74) is 1.26. The first-order valence-electron chi connectivity index (χ1n) is 8.35. The van der Waals surface area contributed by atoms with Crippen LogP contribution in [0, 0.1) is 5.82 Å². The molecule has 0 aliphatic heterocycles. The Morgan fingerprint density at radius 1 is 1.12 bits per heavy atom. The van der Waals surface area contributed by atoms with Crippen molar-refractivity contribution >= 4 is 5.91 Å². The molecule has 2 atom stereocenters. The highest BCUT2D eigenvalue weighted by atomic mass is 19.1. The molecule has 2 aromatic rings. The zero-order valence-corrected chi connectivity index (χ0v) is 14.2. The van der Waals surface area contributed by atoms with E-state index in [1.165, 1.54) is 29.8 Å². The average Bonchev–Trinajstić information content (AvgIpc) is 2.60. The van der Waals surface area contributed by atoms with E-state index in [4.69, 9.17) is 4.74 Å². The lowest BCUT2D eigenvalue weighted by molar-refractivity contribution is -0.128. The van der Waals surface area contributed by atoms with E-state index < -0.39 is 6.10 Å². The van der Waals surface area contributed by atoms with E-state index in [-0.39, 0.29) is 17.8 Å². The Bertz CT molecular complexity index is 628. The van der Waals surface area contributed by atoms with Crippen molar-refractivity contribution in [2.24, 2.45) is 0 Å². The molecular formula is C20H24FNO2. The van der Waals surface area contributed by atoms with Gasteiger partial charge in [0.25, 0.3) is 5.91 Å². The van der Waals surface area contributed by atoms with Crippen molar-refractivity contribution in [3.05, 3.63) is 66.0 Å². The molecule has 0 aliphatic rings. The summed E-state index contributed by atoms with van der Waals surface area (Å²) in [5.74, 6) is 0.0344. The van der Waals surface area contributed by atoms with Gasteiger partial charge in [0.2, 0.25) is 0 Å². The first-order valence-corrected chi connectivity index (χ1v) is 8.35. The molecule has 24 heavy (non-hydrogen) atoms. The fraction of sp³-hybridized carbons (Fsp3) is 0.350. The largest absolute Gasteiger partial charge is 0.481 e. The zero-order valence-electron chi connectivity index (χ0n) is 14.2. The Morgan fingerprint density at radius 3 is 2.42 bits per heavy atom. The molecule has 0 aromatic heterocycles. The molecule has 3 nitrogen and oxygen atoms in total. The fourth-order valence-corrected chi connectivity index (χ4v) is 2.44. The predicted molar refractivity (Wildman–Crippen MR) is 93.5 cm³/mol. The highest BCUT2D eigenvalue weighted by Gasteiger charge is 2.20. The first-order chi connectivity index (χ1) is 11.6. The third kappa shape index (κ3) is 5.69. The van der Waals surface area contributed by atoms with Gasteiger partial charge in [-0.3, -0.25) is 4.79 Å². The van der Waals surface area contributed by atoms with Crippen LogP contribution in [0.2, 0.25) is 0 Å². The van der Waals surface area contributed by atoms with Gasteiger partial charge < -0.3 is 10.1 Å². The van der Waals surface area contributed by atoms with E-state index in [0.29, 0.717) is 12.2 Å². The van der Waals surface area contributed by atoms with Crippen molar-refractivity contribution in [3.63, 3.8) is 0 Å². The number of rotatable bonds is 8. The van der Waals surface area contributed by atoms with Crippen molar-refractivity contribution in [3.8, 4) is 5.75 Å². The molecular weight excluding hydrogens is 305 g/mol. The maximum absolute atomic E-state index is 12.9. The van der Waals surface area contributed by atoms with Crippen LogP contribution >= 0.6 is 0 Å². The van der Waals surface area contributed by atoms with Crippen molar-refractivity contribution in [2.45, 2.75) is 45.3 Å². The second-order valence-electron chi connectivity index (χ2n) is 5.90. The molecule has 0 radical (unpaired) electrons. The number of nitrogens with one attached hydrogen (secondary N) is 1. The first kappa shape index (κ1) is 18.0. The van der Waals surface area contributed by atoms with Crippen LogP contribution in [0.1, 0.15) is 32.3 Å². The van der Waals surface area contributed by atoms with Crippen LogP contribution in [0.4, 0.5) is 4.39 Å². The van der Waals surface area contributed by atoms with Crippen LogP contribution < -0.4 is 10.1 Å². The van der Waals surface area contributed by atoms with Crippen molar-refractivity contribution in [1.29, 1.82) is 0 Å². The number of carbonyl (C=O) groups excluding carboxylic acids is 1. The van der Waals surface area contributed by atoms with Gasteiger partial charge in [-0.25, -0.2) is 4.39 Å². The molecule has 1 amide bonds. The number of amides is 1. The number of hydrogen-bond acceptors (Lipinski definition) is 2. The molecule has 0 unspecified atom stereocenters. The lowest BCUT2D eigenvalue weighted by Gasteiger charge is -2.20. The Kier molecular flexibility index (Phi) is 6.79. The summed E-state index contributed by atoms with van der Waals surface area (Å²) in [7, 11) is 0. The van der Waals surface area contributed by atoms with Gasteiger partial charge in [-0.2, -0.15) is 0 Å². The van der Waals surface area contributed by atoms with Gasteiger partial charge in [0, 0.05) is 6.04 Å². The molecule has 0 spiro atoms. The highest BCUT2D eigenvalue weighted by Crippen LogP contribution is 2.15. The maximum atomic E-state index is 12.9. The van der Waals surface area contributed by atoms with Crippen LogP contribution in [-0.2, 0) is 11.2 Å². The van der Waals surface area contributed by atoms with E-state index in [1.807, 2.05) is 32.0 Å². The standard InChI is InChI=1S/C20H24FNO2/c1-3-19(24-18-13-11-17(21)12-14-18)20(23)22-15(2)9-10-16-7-5-4-6-8-16/h4-8,11-15,19H,3,9-10H2,1-2H3,(H,22,23)/t15-,19+/m0/s1. The number of halogens is 1. The van der Waals surface area contributed by atoms with Crippen LogP contribution in [0.15, 0.2) is 54.6 Å². The summed E-state index contributed by atoms with van der Waals surface area (Å²) in [6.07, 6.45) is 1.75. The van der Waals surface area contributed by atoms with Crippen molar-refractivity contribution < 1.29 is 13.9 Å². The van der Waals surface area contributed by atoms with Crippen molar-refractivity contribution in [2.75, 3.05) is 0 Å². The van der Waals surface area contributed by atoms with Crippen LogP contribution in [0.5, 0.6) is 5.75 Å². The minimum Gasteiger partial charge on any atom is -0.481 e. The molecule has 128 valence electrons. The van der Waals surface area contributed by atoms with Crippen molar-refractivity contribution in [1.82, 2.24) is 5.32 Å². The van der Waals surface area contributed by atoms with E-state index >= 15 is 0 Å². The molecule has 1 N–H and O–H groups in total. The van der Waals surface area contributed by atoms with Gasteiger partial charge in [0.15, 0.2) is 6.10 Å². The van der Waals surface area contributed by atoms with Crippen LogP contribution in [0.3, 0.4) is 0 Å². The summed E-state index contributed by atoms with van der Waals surface area (Å²) in [6, 6.07) is 16.0. The fourth-order valence-electron chi connectivity index (χ4n) is 2.44. The van der Waals surface area contributed by atoms with Gasteiger partial charge in [0.1, 0.15) is 11.6 Å². The SMILES string of the molecule is CC[C@@H](Oc1ccc(F)cc1)C(=O)N[C@@H](C)CCc1ccccc1. The van der Waals surface area contributed by atoms with E-state index in [0.717, 1.165) is 12.8 Å². The topological polar surface area (TPSA) is 38.3 Å². The molecule has 0 fully saturated rings. The zero-order chi connectivity index (χ0) is 17.4. The molecule has 0 saturated heterocycles. The Hall–Kier alpha value is -2.36. The van der Waals surface area contributed by atoms with Crippen LogP contribution in [0.25, 0.3) is 0 Å². The van der Waals surface area contributed by atoms with Gasteiger partial charge in [-0.05, 0) is 56.0 Å². The molecule has 4 heteroatoms. The summed E-state index contributed by atoms with van der Waals surface area (Å²) >= 11 is 0. The summed E-state index contributed by atoms with van der Waals surface area (Å²) < 4.78 is 18.6. The lowest BCUT2D eigenvalue weighted by atomic mass is 10.1. The van der Waals surface area contributed by atoms with Gasteiger partial charge in [0.05, 0.1) is 0 Å². The summed E-state index contributed by atoms with van der Waals surface area (Å²) in [5, 5.41) is 2.99. The smallest absolute Gasteiger partial charge is 0.261 e. The molecule has 0 aliphatic carbocycles. The average molecular weight is 329 g/mol. The van der Waals surface area contributed by atoms with Gasteiger partial charge >= 0.3 is 0 Å². The molecule has 0 bridgehead atoms. The van der Waals surface area contributed by atoms with Crippen LogP contribution in [-0.4, -0.2) is 18.1 Å². The van der Waals surface area contributed by atoms with Gasteiger partial charge in [-0.1, -0.05) is 37.3 Å². The Balaban J connectivity index is 1.83. The van der Waals surface area contributed by atoms with E-state index in [2.05, 4.69) is 17.4 Å². The molecule has 0 heterocycles. The number of benzene rings is 2. The summed E-state index contributed by atoms with van der Waals surface area (Å²) in [4.78, 5) is 12.4. The van der Waals surface area contributed by atoms with E-state index in [1.54, 1.807) is 0 Å². The maximum Gasteiger partial charge on any atom is 0.261 e. The number of carbonyl (C=O) groups is 1. The number of aryl methyl sites for hydroxylation is 1. The predicted octanol–water partition coefficient (Wildman–Crippen LogP) is 4.12. The minimum absolute atomic E-state index is 0.0589. The number of ether oxygens (including phenoxy) is 1. The van der Waals surface area contributed by atoms with E-state index in [9.17, 15) is 9.18 Å². The monoisotopic (exact) mass is 329 g/mol. The Morgan fingerprint density at radius 2 is 1.79 bits per heavy atom. The second kappa shape index (κ2) is 9.06. The number of hydrogen-bond donors (Lipinski definition) is 1. The highest BCUT2D eigenvalue weighted by molar-refractivity contribution is 5.81. The molecule has 2 aromatic carbocycles. The third-order valence-electron chi connectivity index (χ3n) is 3.85. The van der Waals surface area contributed by atoms with Gasteiger partial charge in [-0.15, -0.1) is 0 Å². The second-order valence-corrected chi connectivity index (χ2v) is 5.90. The molecule has 2 rings (SSSR count).